The number of thioether (sulfide) groups is 1. The highest BCUT2D eigenvalue weighted by atomic mass is 32.2. The number of aryl methyl sites for hydroxylation is 1. The average molecular weight is 251 g/mol. The fraction of sp³-hybridized carbons (Fsp3) is 0.571. The van der Waals surface area contributed by atoms with Crippen LogP contribution in [0.15, 0.2) is 24.3 Å². The predicted octanol–water partition coefficient (Wildman–Crippen LogP) is 2.47. The lowest BCUT2D eigenvalue weighted by molar-refractivity contribution is 0.145. The summed E-state index contributed by atoms with van der Waals surface area (Å²) in [6, 6.07) is 8.20. The van der Waals surface area contributed by atoms with Crippen LogP contribution in [0.5, 0.6) is 0 Å². The fourth-order valence-corrected chi connectivity index (χ4v) is 3.06. The molecule has 0 radical (unpaired) electrons. The molecule has 0 saturated carbocycles. The maximum absolute atomic E-state index is 10.1. The summed E-state index contributed by atoms with van der Waals surface area (Å²) < 4.78 is 0. The summed E-state index contributed by atoms with van der Waals surface area (Å²) in [4.78, 5) is 2.45. The van der Waals surface area contributed by atoms with E-state index in [4.69, 9.17) is 0 Å². The Bertz CT molecular complexity index is 333. The first kappa shape index (κ1) is 12.9. The van der Waals surface area contributed by atoms with Crippen molar-refractivity contribution in [3.8, 4) is 0 Å². The summed E-state index contributed by atoms with van der Waals surface area (Å²) in [7, 11) is 0. The van der Waals surface area contributed by atoms with E-state index in [9.17, 15) is 5.11 Å². The summed E-state index contributed by atoms with van der Waals surface area (Å²) in [6.45, 7) is 5.42. The second-order valence-electron chi connectivity index (χ2n) is 4.67. The van der Waals surface area contributed by atoms with Gasteiger partial charge in [-0.05, 0) is 18.9 Å². The zero-order valence-corrected chi connectivity index (χ0v) is 11.2. The first-order valence-corrected chi connectivity index (χ1v) is 7.46. The van der Waals surface area contributed by atoms with Crippen LogP contribution in [0.2, 0.25) is 0 Å². The lowest BCUT2D eigenvalue weighted by atomic mass is 10.0. The van der Waals surface area contributed by atoms with Crippen LogP contribution in [0.4, 0.5) is 0 Å². The van der Waals surface area contributed by atoms with E-state index in [-0.39, 0.29) is 6.10 Å². The van der Waals surface area contributed by atoms with E-state index >= 15 is 0 Å². The lowest BCUT2D eigenvalue weighted by Gasteiger charge is -2.27. The number of aliphatic hydroxyl groups excluding tert-OH is 1. The molecule has 1 aliphatic heterocycles. The largest absolute Gasteiger partial charge is 0.388 e. The van der Waals surface area contributed by atoms with E-state index in [2.05, 4.69) is 24.0 Å². The van der Waals surface area contributed by atoms with Gasteiger partial charge in [0.1, 0.15) is 0 Å². The minimum atomic E-state index is -0.315. The number of hydrogen-bond donors (Lipinski definition) is 1. The Labute approximate surface area is 108 Å². The Morgan fingerprint density at radius 3 is 2.53 bits per heavy atom. The molecule has 0 amide bonds. The summed E-state index contributed by atoms with van der Waals surface area (Å²) in [6.07, 6.45) is 0.526. The van der Waals surface area contributed by atoms with Crippen molar-refractivity contribution in [2.45, 2.75) is 19.4 Å². The third-order valence-electron chi connectivity index (χ3n) is 3.28. The van der Waals surface area contributed by atoms with Crippen LogP contribution < -0.4 is 0 Å². The number of rotatable bonds is 4. The van der Waals surface area contributed by atoms with Crippen LogP contribution in [0, 0.1) is 6.92 Å². The molecule has 0 aliphatic carbocycles. The van der Waals surface area contributed by atoms with Gasteiger partial charge in [-0.3, -0.25) is 0 Å². The molecule has 17 heavy (non-hydrogen) atoms. The molecule has 1 heterocycles. The molecule has 1 fully saturated rings. The van der Waals surface area contributed by atoms with Crippen LogP contribution in [0.1, 0.15) is 23.7 Å². The van der Waals surface area contributed by atoms with Gasteiger partial charge in [-0.25, -0.2) is 0 Å². The minimum absolute atomic E-state index is 0.315. The van der Waals surface area contributed by atoms with Gasteiger partial charge in [0.05, 0.1) is 6.10 Å². The topological polar surface area (TPSA) is 23.5 Å². The van der Waals surface area contributed by atoms with E-state index < -0.39 is 0 Å². The minimum Gasteiger partial charge on any atom is -0.388 e. The first-order chi connectivity index (χ1) is 8.25. The first-order valence-electron chi connectivity index (χ1n) is 6.30. The van der Waals surface area contributed by atoms with E-state index in [0.29, 0.717) is 0 Å². The molecular formula is C14H21NOS. The molecule has 1 saturated heterocycles. The van der Waals surface area contributed by atoms with Crippen molar-refractivity contribution in [1.82, 2.24) is 4.90 Å². The smallest absolute Gasteiger partial charge is 0.0802 e. The third-order valence-corrected chi connectivity index (χ3v) is 4.23. The van der Waals surface area contributed by atoms with E-state index in [0.717, 1.165) is 18.5 Å². The van der Waals surface area contributed by atoms with Gasteiger partial charge < -0.3 is 10.0 Å². The van der Waals surface area contributed by atoms with Crippen molar-refractivity contribution >= 4 is 11.8 Å². The molecule has 0 aromatic heterocycles. The van der Waals surface area contributed by atoms with Gasteiger partial charge in [-0.15, -0.1) is 0 Å². The maximum Gasteiger partial charge on any atom is 0.0802 e. The molecule has 1 unspecified atom stereocenters. The Balaban J connectivity index is 1.80. The summed E-state index contributed by atoms with van der Waals surface area (Å²) in [5, 5.41) is 10.1. The predicted molar refractivity (Wildman–Crippen MR) is 74.5 cm³/mol. The maximum atomic E-state index is 10.1. The van der Waals surface area contributed by atoms with Crippen LogP contribution in [-0.2, 0) is 0 Å². The molecule has 2 nitrogen and oxygen atoms in total. The summed E-state index contributed by atoms with van der Waals surface area (Å²) >= 11 is 2.03. The van der Waals surface area contributed by atoms with Crippen molar-refractivity contribution < 1.29 is 5.11 Å². The molecule has 1 atom stereocenters. The number of nitrogens with zero attached hydrogens (tertiary/aromatic N) is 1. The number of benzene rings is 1. The van der Waals surface area contributed by atoms with Gasteiger partial charge in [0.25, 0.3) is 0 Å². The standard InChI is InChI=1S/C14H21NOS/c1-12-2-4-13(5-3-12)14(16)6-7-15-8-10-17-11-9-15/h2-5,14,16H,6-11H2,1H3. The quantitative estimate of drug-likeness (QED) is 0.889. The molecule has 94 valence electrons. The molecule has 0 bridgehead atoms. The molecule has 2 rings (SSSR count). The Morgan fingerprint density at radius 2 is 1.88 bits per heavy atom. The molecule has 1 aromatic carbocycles. The highest BCUT2D eigenvalue weighted by Gasteiger charge is 2.13. The normalized spacial score (nSPS) is 19.2. The van der Waals surface area contributed by atoms with Crippen LogP contribution in [0.25, 0.3) is 0 Å². The Morgan fingerprint density at radius 1 is 1.24 bits per heavy atom. The fourth-order valence-electron chi connectivity index (χ4n) is 2.08. The van der Waals surface area contributed by atoms with Crippen molar-refractivity contribution in [3.63, 3.8) is 0 Å². The zero-order valence-electron chi connectivity index (χ0n) is 10.4. The van der Waals surface area contributed by atoms with E-state index in [1.807, 2.05) is 23.9 Å². The average Bonchev–Trinajstić information content (AvgIpc) is 2.38. The Kier molecular flexibility index (Phi) is 4.89. The second kappa shape index (κ2) is 6.43. The highest BCUT2D eigenvalue weighted by molar-refractivity contribution is 7.99. The summed E-state index contributed by atoms with van der Waals surface area (Å²) in [5.74, 6) is 2.47. The van der Waals surface area contributed by atoms with Crippen molar-refractivity contribution in [2.24, 2.45) is 0 Å². The Hall–Kier alpha value is -0.510. The van der Waals surface area contributed by atoms with Gasteiger partial charge in [0, 0.05) is 31.1 Å². The van der Waals surface area contributed by atoms with Crippen molar-refractivity contribution in [3.05, 3.63) is 35.4 Å². The second-order valence-corrected chi connectivity index (χ2v) is 5.89. The van der Waals surface area contributed by atoms with Crippen LogP contribution in [-0.4, -0.2) is 41.1 Å². The van der Waals surface area contributed by atoms with Gasteiger partial charge in [0.2, 0.25) is 0 Å². The molecule has 1 aromatic rings. The van der Waals surface area contributed by atoms with E-state index in [1.54, 1.807) is 0 Å². The molecular weight excluding hydrogens is 230 g/mol. The van der Waals surface area contributed by atoms with Gasteiger partial charge in [0.15, 0.2) is 0 Å². The SMILES string of the molecule is Cc1ccc(C(O)CCN2CCSCC2)cc1. The molecule has 0 spiro atoms. The van der Waals surface area contributed by atoms with Gasteiger partial charge in [-0.1, -0.05) is 29.8 Å². The lowest BCUT2D eigenvalue weighted by Crippen LogP contribution is -2.33. The van der Waals surface area contributed by atoms with E-state index in [1.165, 1.54) is 30.2 Å². The third kappa shape index (κ3) is 4.02. The monoisotopic (exact) mass is 251 g/mol. The highest BCUT2D eigenvalue weighted by Crippen LogP contribution is 2.18. The molecule has 1 aliphatic rings. The molecule has 3 heteroatoms. The zero-order chi connectivity index (χ0) is 12.1. The van der Waals surface area contributed by atoms with Gasteiger partial charge >= 0.3 is 0 Å². The number of aliphatic hydroxyl groups is 1. The van der Waals surface area contributed by atoms with Crippen molar-refractivity contribution in [2.75, 3.05) is 31.1 Å². The van der Waals surface area contributed by atoms with Gasteiger partial charge in [-0.2, -0.15) is 11.8 Å². The van der Waals surface area contributed by atoms with Crippen LogP contribution in [0.3, 0.4) is 0 Å². The molecule has 1 N–H and O–H groups in total. The summed E-state index contributed by atoms with van der Waals surface area (Å²) in [5.41, 5.74) is 2.29. The number of hydrogen-bond acceptors (Lipinski definition) is 3. The van der Waals surface area contributed by atoms with Crippen molar-refractivity contribution in [1.29, 1.82) is 0 Å². The van der Waals surface area contributed by atoms with Crippen LogP contribution >= 0.6 is 11.8 Å².